The van der Waals surface area contributed by atoms with Crippen molar-refractivity contribution in [1.82, 2.24) is 9.66 Å². The van der Waals surface area contributed by atoms with E-state index in [0.717, 1.165) is 11.5 Å². The van der Waals surface area contributed by atoms with Crippen LogP contribution >= 0.6 is 0 Å². The molecule has 4 nitrogen and oxygen atoms in total. The molecule has 88 valence electrons. The van der Waals surface area contributed by atoms with Crippen LogP contribution in [0.4, 0.5) is 5.82 Å². The molecule has 0 atom stereocenters. The molecule has 16 heavy (non-hydrogen) atoms. The Morgan fingerprint density at radius 2 is 1.62 bits per heavy atom. The van der Waals surface area contributed by atoms with Crippen molar-refractivity contribution < 1.29 is 0 Å². The van der Waals surface area contributed by atoms with Gasteiger partial charge < -0.3 is 11.6 Å². The number of nitrogens with zero attached hydrogens (tertiary/aromatic N) is 2. The fraction of sp³-hybridized carbons (Fsp3) is 0.750. The number of nitrogens with two attached hydrogens (primary N) is 2. The van der Waals surface area contributed by atoms with Crippen LogP contribution in [0.15, 0.2) is 0 Å². The molecule has 4 heteroatoms. The molecule has 3 rings (SSSR count). The SMILES string of the molecule is Nc1c(C2CCC2)nc(C2CCCC2)n1N. The highest BCUT2D eigenvalue weighted by Crippen LogP contribution is 2.41. The number of imidazole rings is 1. The van der Waals surface area contributed by atoms with E-state index < -0.39 is 0 Å². The van der Waals surface area contributed by atoms with Gasteiger partial charge in [0, 0.05) is 11.8 Å². The molecule has 0 saturated heterocycles. The molecule has 0 amide bonds. The summed E-state index contributed by atoms with van der Waals surface area (Å²) in [6.45, 7) is 0. The highest BCUT2D eigenvalue weighted by atomic mass is 15.4. The van der Waals surface area contributed by atoms with Gasteiger partial charge in [-0.3, -0.25) is 0 Å². The third-order valence-corrected chi connectivity index (χ3v) is 4.22. The summed E-state index contributed by atoms with van der Waals surface area (Å²) >= 11 is 0. The number of nitrogen functional groups attached to an aromatic ring is 2. The Labute approximate surface area is 96.0 Å². The van der Waals surface area contributed by atoms with Crippen molar-refractivity contribution in [2.24, 2.45) is 0 Å². The Kier molecular flexibility index (Phi) is 2.30. The summed E-state index contributed by atoms with van der Waals surface area (Å²) in [4.78, 5) is 4.73. The monoisotopic (exact) mass is 220 g/mol. The van der Waals surface area contributed by atoms with Crippen LogP contribution < -0.4 is 11.6 Å². The smallest absolute Gasteiger partial charge is 0.146 e. The van der Waals surface area contributed by atoms with E-state index in [9.17, 15) is 0 Å². The van der Waals surface area contributed by atoms with E-state index in [1.54, 1.807) is 4.68 Å². The highest BCUT2D eigenvalue weighted by Gasteiger charge is 2.29. The summed E-state index contributed by atoms with van der Waals surface area (Å²) in [5.41, 5.74) is 7.12. The Bertz CT molecular complexity index is 386. The number of anilines is 1. The quantitative estimate of drug-likeness (QED) is 0.750. The minimum absolute atomic E-state index is 0.543. The minimum atomic E-state index is 0.543. The summed E-state index contributed by atoms with van der Waals surface area (Å²) in [5, 5.41) is 0. The topological polar surface area (TPSA) is 69.9 Å². The molecule has 2 saturated carbocycles. The van der Waals surface area contributed by atoms with Crippen molar-refractivity contribution in [3.63, 3.8) is 0 Å². The van der Waals surface area contributed by atoms with Crippen molar-refractivity contribution in [3.05, 3.63) is 11.5 Å². The van der Waals surface area contributed by atoms with Crippen LogP contribution in [0.25, 0.3) is 0 Å². The normalized spacial score (nSPS) is 22.5. The fourth-order valence-electron chi connectivity index (χ4n) is 2.94. The third kappa shape index (κ3) is 1.39. The zero-order chi connectivity index (χ0) is 11.1. The molecule has 2 aliphatic carbocycles. The summed E-state index contributed by atoms with van der Waals surface area (Å²) in [6, 6.07) is 0. The number of rotatable bonds is 2. The Morgan fingerprint density at radius 1 is 1.00 bits per heavy atom. The van der Waals surface area contributed by atoms with E-state index in [1.807, 2.05) is 0 Å². The van der Waals surface area contributed by atoms with Gasteiger partial charge in [-0.25, -0.2) is 9.66 Å². The Hall–Kier alpha value is -1.19. The molecule has 1 aromatic rings. The van der Waals surface area contributed by atoms with Crippen molar-refractivity contribution in [2.75, 3.05) is 11.6 Å². The zero-order valence-corrected chi connectivity index (χ0v) is 9.65. The van der Waals surface area contributed by atoms with Gasteiger partial charge in [-0.15, -0.1) is 0 Å². The van der Waals surface area contributed by atoms with Crippen molar-refractivity contribution in [1.29, 1.82) is 0 Å². The predicted octanol–water partition coefficient (Wildman–Crippen LogP) is 2.10. The van der Waals surface area contributed by atoms with Gasteiger partial charge >= 0.3 is 0 Å². The number of hydrogen-bond acceptors (Lipinski definition) is 3. The van der Waals surface area contributed by atoms with Crippen molar-refractivity contribution in [2.45, 2.75) is 56.8 Å². The molecule has 2 fully saturated rings. The van der Waals surface area contributed by atoms with Crippen LogP contribution in [-0.2, 0) is 0 Å². The largest absolute Gasteiger partial charge is 0.382 e. The number of aromatic nitrogens is 2. The van der Waals surface area contributed by atoms with Gasteiger partial charge in [-0.2, -0.15) is 0 Å². The third-order valence-electron chi connectivity index (χ3n) is 4.22. The van der Waals surface area contributed by atoms with Crippen LogP contribution in [0, 0.1) is 0 Å². The first kappa shape index (κ1) is 10.00. The lowest BCUT2D eigenvalue weighted by molar-refractivity contribution is 0.412. The van der Waals surface area contributed by atoms with Gasteiger partial charge in [0.2, 0.25) is 0 Å². The van der Waals surface area contributed by atoms with Crippen LogP contribution in [0.5, 0.6) is 0 Å². The van der Waals surface area contributed by atoms with Gasteiger partial charge in [0.15, 0.2) is 0 Å². The lowest BCUT2D eigenvalue weighted by Gasteiger charge is -2.23. The van der Waals surface area contributed by atoms with E-state index in [4.69, 9.17) is 16.6 Å². The molecule has 2 aliphatic rings. The highest BCUT2D eigenvalue weighted by molar-refractivity contribution is 5.42. The molecule has 4 N–H and O–H groups in total. The maximum Gasteiger partial charge on any atom is 0.146 e. The maximum absolute atomic E-state index is 6.06. The molecule has 0 spiro atoms. The standard InChI is InChI=1S/C12H20N4/c13-11-10(8-6-3-7-8)15-12(16(11)14)9-4-1-2-5-9/h8-9H,1-7,13-14H2. The van der Waals surface area contributed by atoms with Crippen molar-refractivity contribution >= 4 is 5.82 Å². The molecule has 0 radical (unpaired) electrons. The number of hydrogen-bond donors (Lipinski definition) is 2. The first-order chi connectivity index (χ1) is 7.77. The molecular formula is C12H20N4. The van der Waals surface area contributed by atoms with Gasteiger partial charge in [-0.1, -0.05) is 19.3 Å². The first-order valence-electron chi connectivity index (χ1n) is 6.40. The van der Waals surface area contributed by atoms with E-state index >= 15 is 0 Å². The van der Waals surface area contributed by atoms with Gasteiger partial charge in [0.05, 0.1) is 5.69 Å². The second-order valence-electron chi connectivity index (χ2n) is 5.22. The van der Waals surface area contributed by atoms with Crippen LogP contribution in [0.2, 0.25) is 0 Å². The summed E-state index contributed by atoms with van der Waals surface area (Å²) < 4.78 is 1.64. The molecule has 0 unspecified atom stereocenters. The second-order valence-corrected chi connectivity index (χ2v) is 5.22. The van der Waals surface area contributed by atoms with Gasteiger partial charge in [0.1, 0.15) is 11.6 Å². The van der Waals surface area contributed by atoms with Crippen LogP contribution in [0.3, 0.4) is 0 Å². The van der Waals surface area contributed by atoms with Crippen LogP contribution in [-0.4, -0.2) is 9.66 Å². The summed E-state index contributed by atoms with van der Waals surface area (Å²) in [7, 11) is 0. The lowest BCUT2D eigenvalue weighted by Crippen LogP contribution is -2.18. The maximum atomic E-state index is 6.06. The molecule has 1 aromatic heterocycles. The first-order valence-corrected chi connectivity index (χ1v) is 6.40. The Balaban J connectivity index is 1.92. The van der Waals surface area contributed by atoms with E-state index in [-0.39, 0.29) is 0 Å². The summed E-state index contributed by atoms with van der Waals surface area (Å²) in [6.07, 6.45) is 8.80. The fourth-order valence-corrected chi connectivity index (χ4v) is 2.94. The molecule has 0 aliphatic heterocycles. The van der Waals surface area contributed by atoms with E-state index in [2.05, 4.69) is 0 Å². The van der Waals surface area contributed by atoms with E-state index in [0.29, 0.717) is 17.7 Å². The lowest BCUT2D eigenvalue weighted by atomic mass is 9.83. The molecular weight excluding hydrogens is 200 g/mol. The second kappa shape index (κ2) is 3.68. The predicted molar refractivity (Wildman–Crippen MR) is 64.6 cm³/mol. The minimum Gasteiger partial charge on any atom is -0.382 e. The van der Waals surface area contributed by atoms with Gasteiger partial charge in [0.25, 0.3) is 0 Å². The van der Waals surface area contributed by atoms with Crippen LogP contribution in [0.1, 0.15) is 68.3 Å². The Morgan fingerprint density at radius 3 is 2.19 bits per heavy atom. The average Bonchev–Trinajstić information content (AvgIpc) is 2.79. The molecule has 0 aromatic carbocycles. The zero-order valence-electron chi connectivity index (χ0n) is 9.65. The average molecular weight is 220 g/mol. The summed E-state index contributed by atoms with van der Waals surface area (Å²) in [5.74, 6) is 8.87. The molecule has 0 bridgehead atoms. The molecule has 1 heterocycles. The van der Waals surface area contributed by atoms with E-state index in [1.165, 1.54) is 44.9 Å². The van der Waals surface area contributed by atoms with Gasteiger partial charge in [-0.05, 0) is 25.7 Å². The van der Waals surface area contributed by atoms with Crippen molar-refractivity contribution in [3.8, 4) is 0 Å².